The molecule has 176 valence electrons. The van der Waals surface area contributed by atoms with Crippen molar-refractivity contribution in [2.45, 2.75) is 70.9 Å². The Morgan fingerprint density at radius 1 is 1.15 bits per heavy atom. The summed E-state index contributed by atoms with van der Waals surface area (Å²) in [4.78, 5) is 11.4. The Kier molecular flexibility index (Phi) is 7.34. The van der Waals surface area contributed by atoms with E-state index in [1.165, 1.54) is 30.5 Å². The molecular weight excluding hydrogens is 412 g/mol. The molecule has 1 aromatic carbocycles. The van der Waals surface area contributed by atoms with Crippen LogP contribution in [0, 0.1) is 16.7 Å². The van der Waals surface area contributed by atoms with Gasteiger partial charge < -0.3 is 20.6 Å². The third-order valence-corrected chi connectivity index (χ3v) is 7.07. The lowest BCUT2D eigenvalue weighted by Gasteiger charge is -2.40. The van der Waals surface area contributed by atoms with E-state index in [-0.39, 0.29) is 17.6 Å². The van der Waals surface area contributed by atoms with Crippen LogP contribution >= 0.6 is 0 Å². The van der Waals surface area contributed by atoms with Gasteiger partial charge in [0.25, 0.3) is 0 Å². The molecule has 1 saturated carbocycles. The summed E-state index contributed by atoms with van der Waals surface area (Å²) in [5, 5.41) is 26.4. The standard InChI is InChI=1S/C26H36N6O/c1-26(2)16-21(8-11-23(26)33)30-24-20(17-27)18-29-25(31-24)28-13-12-19-6-9-22(10-7-19)32-14-4-3-5-15-32/h6-7,9-10,18,21,23,33H,3-5,8,11-16H2,1-2H3,(H2,28,29,30,31)/t21-,23+/m1/s1. The van der Waals surface area contributed by atoms with Crippen LogP contribution in [0.4, 0.5) is 17.5 Å². The highest BCUT2D eigenvalue weighted by Gasteiger charge is 2.35. The number of rotatable bonds is 7. The lowest BCUT2D eigenvalue weighted by molar-refractivity contribution is 0.00926. The SMILES string of the molecule is CC1(C)C[C@H](Nc2nc(NCCc3ccc(N4CCCCC4)cc3)ncc2C#N)CC[C@@H]1O. The van der Waals surface area contributed by atoms with Crippen LogP contribution in [-0.4, -0.2) is 46.9 Å². The Morgan fingerprint density at radius 3 is 2.61 bits per heavy atom. The molecule has 2 aliphatic rings. The maximum absolute atomic E-state index is 10.2. The van der Waals surface area contributed by atoms with Gasteiger partial charge in [0.1, 0.15) is 17.5 Å². The number of piperidine rings is 1. The number of benzene rings is 1. The minimum Gasteiger partial charge on any atom is -0.393 e. The first kappa shape index (κ1) is 23.3. The van der Waals surface area contributed by atoms with Gasteiger partial charge in [0.2, 0.25) is 5.95 Å². The van der Waals surface area contributed by atoms with Crippen molar-refractivity contribution in [3.8, 4) is 6.07 Å². The molecule has 1 saturated heterocycles. The molecule has 2 aromatic rings. The second-order valence-electron chi connectivity index (χ2n) is 10.1. The zero-order valence-corrected chi connectivity index (χ0v) is 19.8. The van der Waals surface area contributed by atoms with Crippen LogP contribution in [0.1, 0.15) is 63.5 Å². The van der Waals surface area contributed by atoms with Crippen molar-refractivity contribution in [3.05, 3.63) is 41.6 Å². The van der Waals surface area contributed by atoms with E-state index in [2.05, 4.69) is 69.7 Å². The van der Waals surface area contributed by atoms with Gasteiger partial charge in [-0.1, -0.05) is 26.0 Å². The molecule has 0 unspecified atom stereocenters. The molecule has 0 spiro atoms. The van der Waals surface area contributed by atoms with E-state index in [9.17, 15) is 10.4 Å². The Bertz CT molecular complexity index is 962. The van der Waals surface area contributed by atoms with Gasteiger partial charge in [0.15, 0.2) is 0 Å². The van der Waals surface area contributed by atoms with Crippen molar-refractivity contribution in [3.63, 3.8) is 0 Å². The number of nitrogens with zero attached hydrogens (tertiary/aromatic N) is 4. The zero-order valence-electron chi connectivity index (χ0n) is 19.8. The molecule has 7 heteroatoms. The topological polar surface area (TPSA) is 97.1 Å². The van der Waals surface area contributed by atoms with E-state index in [0.29, 0.717) is 17.3 Å². The lowest BCUT2D eigenvalue weighted by Crippen LogP contribution is -2.41. The molecule has 0 radical (unpaired) electrons. The molecule has 33 heavy (non-hydrogen) atoms. The number of hydrogen-bond donors (Lipinski definition) is 3. The van der Waals surface area contributed by atoms with Gasteiger partial charge in [-0.25, -0.2) is 4.98 Å². The van der Waals surface area contributed by atoms with Gasteiger partial charge in [-0.15, -0.1) is 0 Å². The molecule has 3 N–H and O–H groups in total. The van der Waals surface area contributed by atoms with Crippen molar-refractivity contribution in [1.82, 2.24) is 9.97 Å². The van der Waals surface area contributed by atoms with Crippen molar-refractivity contribution in [2.24, 2.45) is 5.41 Å². The highest BCUT2D eigenvalue weighted by atomic mass is 16.3. The second-order valence-corrected chi connectivity index (χ2v) is 10.1. The predicted molar refractivity (Wildman–Crippen MR) is 132 cm³/mol. The van der Waals surface area contributed by atoms with Gasteiger partial charge >= 0.3 is 0 Å². The maximum atomic E-state index is 10.2. The van der Waals surface area contributed by atoms with Crippen LogP contribution in [0.5, 0.6) is 0 Å². The van der Waals surface area contributed by atoms with Crippen molar-refractivity contribution in [2.75, 3.05) is 35.2 Å². The first-order chi connectivity index (χ1) is 15.9. The first-order valence-electron chi connectivity index (χ1n) is 12.2. The van der Waals surface area contributed by atoms with Gasteiger partial charge in [-0.05, 0) is 68.1 Å². The van der Waals surface area contributed by atoms with Crippen molar-refractivity contribution in [1.29, 1.82) is 5.26 Å². The Labute approximate surface area is 197 Å². The normalized spacial score (nSPS) is 22.4. The fraction of sp³-hybridized carbons (Fsp3) is 0.577. The fourth-order valence-corrected chi connectivity index (χ4v) is 4.94. The monoisotopic (exact) mass is 448 g/mol. The van der Waals surface area contributed by atoms with Crippen LogP contribution in [0.3, 0.4) is 0 Å². The molecule has 1 aliphatic carbocycles. The summed E-state index contributed by atoms with van der Waals surface area (Å²) in [5.41, 5.74) is 2.88. The number of aliphatic hydroxyl groups excluding tert-OH is 1. The Morgan fingerprint density at radius 2 is 1.91 bits per heavy atom. The average molecular weight is 449 g/mol. The highest BCUT2D eigenvalue weighted by molar-refractivity contribution is 5.54. The number of aromatic nitrogens is 2. The minimum atomic E-state index is -0.289. The maximum Gasteiger partial charge on any atom is 0.224 e. The van der Waals surface area contributed by atoms with Crippen molar-refractivity contribution < 1.29 is 5.11 Å². The van der Waals surface area contributed by atoms with Gasteiger partial charge in [-0.2, -0.15) is 10.2 Å². The molecular formula is C26H36N6O. The van der Waals surface area contributed by atoms with Crippen molar-refractivity contribution >= 4 is 17.5 Å². The number of aliphatic hydroxyl groups is 1. The van der Waals surface area contributed by atoms with Crippen LogP contribution in [0.2, 0.25) is 0 Å². The third-order valence-electron chi connectivity index (χ3n) is 7.07. The van der Waals surface area contributed by atoms with E-state index in [1.54, 1.807) is 6.20 Å². The number of nitriles is 1. The first-order valence-corrected chi connectivity index (χ1v) is 12.2. The smallest absolute Gasteiger partial charge is 0.224 e. The average Bonchev–Trinajstić information content (AvgIpc) is 2.82. The molecule has 0 amide bonds. The van der Waals surface area contributed by atoms with Crippen LogP contribution in [0.25, 0.3) is 0 Å². The van der Waals surface area contributed by atoms with E-state index in [4.69, 9.17) is 0 Å². The lowest BCUT2D eigenvalue weighted by atomic mass is 9.73. The third kappa shape index (κ3) is 5.94. The molecule has 2 atom stereocenters. The quantitative estimate of drug-likeness (QED) is 0.579. The Hall–Kier alpha value is -2.85. The fourth-order valence-electron chi connectivity index (χ4n) is 4.94. The van der Waals surface area contributed by atoms with E-state index in [0.717, 1.165) is 45.3 Å². The summed E-state index contributed by atoms with van der Waals surface area (Å²) in [6.45, 7) is 7.21. The van der Waals surface area contributed by atoms with Crippen LogP contribution < -0.4 is 15.5 Å². The van der Waals surface area contributed by atoms with Gasteiger partial charge in [0.05, 0.1) is 12.3 Å². The molecule has 7 nitrogen and oxygen atoms in total. The number of nitrogens with one attached hydrogen (secondary N) is 2. The zero-order chi connectivity index (χ0) is 23.3. The highest BCUT2D eigenvalue weighted by Crippen LogP contribution is 2.37. The second kappa shape index (κ2) is 10.4. The number of anilines is 3. The summed E-state index contributed by atoms with van der Waals surface area (Å²) in [6, 6.07) is 11.2. The summed E-state index contributed by atoms with van der Waals surface area (Å²) in [6.07, 6.45) is 8.52. The summed E-state index contributed by atoms with van der Waals surface area (Å²) in [7, 11) is 0. The molecule has 2 fully saturated rings. The van der Waals surface area contributed by atoms with E-state index < -0.39 is 0 Å². The summed E-state index contributed by atoms with van der Waals surface area (Å²) >= 11 is 0. The number of hydrogen-bond acceptors (Lipinski definition) is 7. The van der Waals surface area contributed by atoms with Crippen LogP contribution in [-0.2, 0) is 6.42 Å². The Balaban J connectivity index is 1.32. The molecule has 0 bridgehead atoms. The molecule has 1 aromatic heterocycles. The molecule has 1 aliphatic heterocycles. The van der Waals surface area contributed by atoms with Gasteiger partial charge in [-0.3, -0.25) is 0 Å². The van der Waals surface area contributed by atoms with Gasteiger partial charge in [0, 0.05) is 31.4 Å². The minimum absolute atomic E-state index is 0.152. The summed E-state index contributed by atoms with van der Waals surface area (Å²) in [5.74, 6) is 1.09. The van der Waals surface area contributed by atoms with E-state index >= 15 is 0 Å². The predicted octanol–water partition coefficient (Wildman–Crippen LogP) is 4.34. The van der Waals surface area contributed by atoms with E-state index in [1.807, 2.05) is 0 Å². The summed E-state index contributed by atoms with van der Waals surface area (Å²) < 4.78 is 0. The molecule has 4 rings (SSSR count). The molecule has 2 heterocycles. The largest absolute Gasteiger partial charge is 0.393 e. The van der Waals surface area contributed by atoms with Crippen LogP contribution in [0.15, 0.2) is 30.5 Å².